The lowest BCUT2D eigenvalue weighted by Crippen LogP contribution is -3.00. The summed E-state index contributed by atoms with van der Waals surface area (Å²) < 4.78 is 10.2. The highest BCUT2D eigenvalue weighted by atomic mass is 35.5. The smallest absolute Gasteiger partial charge is 0.344 e. The second kappa shape index (κ2) is 14.9. The highest BCUT2D eigenvalue weighted by molar-refractivity contribution is 5.96. The van der Waals surface area contributed by atoms with E-state index in [1.165, 1.54) is 11.1 Å². The number of halogens is 1. The fourth-order valence-electron chi connectivity index (χ4n) is 3.75. The lowest BCUT2D eigenvalue weighted by atomic mass is 9.98. The third-order valence-corrected chi connectivity index (χ3v) is 5.39. The van der Waals surface area contributed by atoms with Crippen LogP contribution in [0.3, 0.4) is 0 Å². The van der Waals surface area contributed by atoms with Crippen molar-refractivity contribution in [3.63, 3.8) is 0 Å². The topological polar surface area (TPSA) is 69.2 Å². The molecule has 5 nitrogen and oxygen atoms in total. The standard InChI is InChI=1S/C28H31NO4.ClH/c1-2-32-28(31)21-33-26-15-13-24(14-16-26)27(30)17-18-29-25(19-22-9-5-3-6-10-22)20-23-11-7-4-8-12-23;/h3-16,25,29H,2,17-21H2,1H3;1H. The van der Waals surface area contributed by atoms with Gasteiger partial charge in [-0.05, 0) is 42.3 Å². The quantitative estimate of drug-likeness (QED) is 0.287. The van der Waals surface area contributed by atoms with Crippen LogP contribution in [-0.2, 0) is 22.4 Å². The van der Waals surface area contributed by atoms with Crippen LogP contribution in [0.2, 0.25) is 0 Å². The molecular formula is C28H32ClNO4. The monoisotopic (exact) mass is 481 g/mol. The number of nitrogens with two attached hydrogens (primary N) is 1. The van der Waals surface area contributed by atoms with Crippen molar-refractivity contribution in [1.29, 1.82) is 0 Å². The second-order valence-electron chi connectivity index (χ2n) is 7.96. The molecule has 0 fully saturated rings. The Bertz CT molecular complexity index is 952. The van der Waals surface area contributed by atoms with Gasteiger partial charge < -0.3 is 27.2 Å². The van der Waals surface area contributed by atoms with Gasteiger partial charge in [0, 0.05) is 18.4 Å². The summed E-state index contributed by atoms with van der Waals surface area (Å²) in [6.45, 7) is 2.66. The molecule has 34 heavy (non-hydrogen) atoms. The molecule has 0 heterocycles. The SMILES string of the molecule is CCOC(=O)COc1ccc(C(=O)CC[NH2+]C(Cc2ccccc2)Cc2ccccc2)cc1.[Cl-]. The number of ether oxygens (including phenoxy) is 2. The summed E-state index contributed by atoms with van der Waals surface area (Å²) in [6.07, 6.45) is 2.37. The highest BCUT2D eigenvalue weighted by Crippen LogP contribution is 2.13. The lowest BCUT2D eigenvalue weighted by molar-refractivity contribution is -0.687. The first kappa shape index (κ1) is 27.1. The Morgan fingerprint density at radius 1 is 0.824 bits per heavy atom. The number of rotatable bonds is 13. The molecule has 0 aromatic heterocycles. The van der Waals surface area contributed by atoms with E-state index >= 15 is 0 Å². The number of carbonyl (C=O) groups excluding carboxylic acids is 2. The van der Waals surface area contributed by atoms with E-state index in [2.05, 4.69) is 53.8 Å². The number of quaternary nitrogens is 1. The molecule has 3 aromatic carbocycles. The number of benzene rings is 3. The average molecular weight is 482 g/mol. The van der Waals surface area contributed by atoms with Crippen molar-refractivity contribution in [3.05, 3.63) is 102 Å². The number of carbonyl (C=O) groups is 2. The van der Waals surface area contributed by atoms with Gasteiger partial charge in [-0.15, -0.1) is 0 Å². The highest BCUT2D eigenvalue weighted by Gasteiger charge is 2.15. The molecule has 3 aromatic rings. The van der Waals surface area contributed by atoms with Gasteiger partial charge in [0.15, 0.2) is 12.4 Å². The first-order valence-corrected chi connectivity index (χ1v) is 11.5. The third-order valence-electron chi connectivity index (χ3n) is 5.39. The molecule has 0 aliphatic rings. The van der Waals surface area contributed by atoms with E-state index in [0.717, 1.165) is 19.4 Å². The minimum atomic E-state index is -0.409. The van der Waals surface area contributed by atoms with E-state index < -0.39 is 5.97 Å². The van der Waals surface area contributed by atoms with Crippen LogP contribution in [0.15, 0.2) is 84.9 Å². The molecule has 2 N–H and O–H groups in total. The van der Waals surface area contributed by atoms with Crippen LogP contribution >= 0.6 is 0 Å². The summed E-state index contributed by atoms with van der Waals surface area (Å²) in [5.74, 6) is 0.229. The second-order valence-corrected chi connectivity index (χ2v) is 7.96. The molecule has 3 rings (SSSR count). The zero-order valence-corrected chi connectivity index (χ0v) is 20.2. The Kier molecular flexibility index (Phi) is 11.9. The summed E-state index contributed by atoms with van der Waals surface area (Å²) in [4.78, 5) is 24.1. The maximum atomic E-state index is 12.7. The molecule has 0 spiro atoms. The number of hydrogen-bond acceptors (Lipinski definition) is 4. The Hall–Kier alpha value is -3.15. The summed E-state index contributed by atoms with van der Waals surface area (Å²) in [5, 5.41) is 2.29. The zero-order chi connectivity index (χ0) is 23.3. The average Bonchev–Trinajstić information content (AvgIpc) is 2.84. The molecule has 0 radical (unpaired) electrons. The molecule has 0 bridgehead atoms. The molecule has 0 saturated carbocycles. The maximum absolute atomic E-state index is 12.7. The van der Waals surface area contributed by atoms with Gasteiger partial charge in [-0.3, -0.25) is 4.79 Å². The van der Waals surface area contributed by atoms with Gasteiger partial charge in [0.2, 0.25) is 0 Å². The van der Waals surface area contributed by atoms with Crippen LogP contribution in [0.4, 0.5) is 0 Å². The Morgan fingerprint density at radius 2 is 1.38 bits per heavy atom. The van der Waals surface area contributed by atoms with Gasteiger partial charge in [-0.2, -0.15) is 0 Å². The van der Waals surface area contributed by atoms with Crippen LogP contribution in [0.5, 0.6) is 5.75 Å². The predicted octanol–water partition coefficient (Wildman–Crippen LogP) is 0.623. The van der Waals surface area contributed by atoms with Gasteiger partial charge in [-0.1, -0.05) is 60.7 Å². The van der Waals surface area contributed by atoms with Gasteiger partial charge in [0.25, 0.3) is 0 Å². The first-order chi connectivity index (χ1) is 16.1. The molecule has 180 valence electrons. The van der Waals surface area contributed by atoms with Crippen molar-refractivity contribution in [2.24, 2.45) is 0 Å². The summed E-state index contributed by atoms with van der Waals surface area (Å²) in [7, 11) is 0. The van der Waals surface area contributed by atoms with Crippen molar-refractivity contribution in [3.8, 4) is 5.75 Å². The van der Waals surface area contributed by atoms with E-state index in [1.807, 2.05) is 12.1 Å². The lowest BCUT2D eigenvalue weighted by Gasteiger charge is -2.16. The minimum Gasteiger partial charge on any atom is -1.00 e. The number of hydrogen-bond donors (Lipinski definition) is 1. The molecule has 0 saturated heterocycles. The summed E-state index contributed by atoms with van der Waals surface area (Å²) in [5.41, 5.74) is 3.26. The van der Waals surface area contributed by atoms with E-state index in [9.17, 15) is 9.59 Å². The molecule has 0 atom stereocenters. The van der Waals surface area contributed by atoms with E-state index in [4.69, 9.17) is 9.47 Å². The third kappa shape index (κ3) is 9.38. The van der Waals surface area contributed by atoms with Crippen LogP contribution in [0, 0.1) is 0 Å². The Morgan fingerprint density at radius 3 is 1.91 bits per heavy atom. The molecule has 0 unspecified atom stereocenters. The predicted molar refractivity (Wildman–Crippen MR) is 128 cm³/mol. The minimum absolute atomic E-state index is 0. The summed E-state index contributed by atoms with van der Waals surface area (Å²) >= 11 is 0. The van der Waals surface area contributed by atoms with Crippen molar-refractivity contribution < 1.29 is 36.8 Å². The van der Waals surface area contributed by atoms with Crippen molar-refractivity contribution in [2.75, 3.05) is 19.8 Å². The van der Waals surface area contributed by atoms with Crippen LogP contribution < -0.4 is 22.5 Å². The van der Waals surface area contributed by atoms with Gasteiger partial charge in [-0.25, -0.2) is 4.79 Å². The van der Waals surface area contributed by atoms with Gasteiger partial charge in [0.1, 0.15) is 5.75 Å². The van der Waals surface area contributed by atoms with Crippen molar-refractivity contribution in [1.82, 2.24) is 0 Å². The largest absolute Gasteiger partial charge is 1.00 e. The molecule has 6 heteroatoms. The van der Waals surface area contributed by atoms with Crippen LogP contribution in [-0.4, -0.2) is 37.6 Å². The van der Waals surface area contributed by atoms with Crippen LogP contribution in [0.1, 0.15) is 34.8 Å². The van der Waals surface area contributed by atoms with E-state index in [0.29, 0.717) is 30.4 Å². The van der Waals surface area contributed by atoms with E-state index in [1.54, 1.807) is 31.2 Å². The van der Waals surface area contributed by atoms with Gasteiger partial charge >= 0.3 is 5.97 Å². The van der Waals surface area contributed by atoms with Crippen LogP contribution in [0.25, 0.3) is 0 Å². The fraction of sp³-hybridized carbons (Fsp3) is 0.286. The van der Waals surface area contributed by atoms with Crippen molar-refractivity contribution >= 4 is 11.8 Å². The molecule has 0 aliphatic heterocycles. The maximum Gasteiger partial charge on any atom is 0.344 e. The summed E-state index contributed by atoms with van der Waals surface area (Å²) in [6, 6.07) is 28.2. The van der Waals surface area contributed by atoms with Crippen molar-refractivity contribution in [2.45, 2.75) is 32.2 Å². The Labute approximate surface area is 207 Å². The van der Waals surface area contributed by atoms with E-state index in [-0.39, 0.29) is 24.8 Å². The number of Topliss-reactive ketones (excluding diaryl/α,β-unsaturated/α-hetero) is 1. The first-order valence-electron chi connectivity index (χ1n) is 11.5. The van der Waals surface area contributed by atoms with Gasteiger partial charge in [0.05, 0.1) is 25.6 Å². The Balaban J connectivity index is 0.00000408. The number of esters is 1. The fourth-order valence-corrected chi connectivity index (χ4v) is 3.75. The number of ketones is 1. The molecular weight excluding hydrogens is 450 g/mol. The molecule has 0 amide bonds. The molecule has 0 aliphatic carbocycles. The zero-order valence-electron chi connectivity index (χ0n) is 19.5. The normalized spacial score (nSPS) is 10.4.